The molecule has 0 unspecified atom stereocenters. The van der Waals surface area contributed by atoms with E-state index in [0.717, 1.165) is 62.3 Å². The molecule has 21 rings (SSSR count). The molecule has 0 spiro atoms. The summed E-state index contributed by atoms with van der Waals surface area (Å²) in [6.07, 6.45) is 36.9. The summed E-state index contributed by atoms with van der Waals surface area (Å²) < 4.78 is 31.4. The van der Waals surface area contributed by atoms with Crippen LogP contribution < -0.4 is 38.5 Å². The number of benzene rings is 5. The van der Waals surface area contributed by atoms with Gasteiger partial charge in [-0.1, -0.05) is 73.1 Å². The van der Waals surface area contributed by atoms with Crippen molar-refractivity contribution in [2.45, 2.75) is 185 Å². The van der Waals surface area contributed by atoms with Crippen LogP contribution in [0.2, 0.25) is 0 Å². The van der Waals surface area contributed by atoms with Gasteiger partial charge < -0.3 is 78.1 Å². The summed E-state index contributed by atoms with van der Waals surface area (Å²) in [6, 6.07) is 71.3. The van der Waals surface area contributed by atoms with E-state index in [1.54, 1.807) is 74.5 Å². The van der Waals surface area contributed by atoms with Gasteiger partial charge in [-0.2, -0.15) is 71.3 Å². The van der Waals surface area contributed by atoms with Crippen LogP contribution in [0.15, 0.2) is 257 Å². The Balaban J connectivity index is 0.000000153. The van der Waals surface area contributed by atoms with Crippen molar-refractivity contribution in [2.75, 3.05) is 19.6 Å². The van der Waals surface area contributed by atoms with Gasteiger partial charge in [-0.15, -0.1) is 120 Å². The van der Waals surface area contributed by atoms with Gasteiger partial charge in [0.15, 0.2) is 23.3 Å². The zero-order chi connectivity index (χ0) is 99.6. The van der Waals surface area contributed by atoms with Gasteiger partial charge in [-0.25, -0.2) is 38.7 Å². The number of pyridine rings is 8. The first-order valence-electron chi connectivity index (χ1n) is 47.2. The fourth-order valence-corrected chi connectivity index (χ4v) is 15.9. The molecule has 0 amide bonds. The Morgan fingerprint density at radius 1 is 0.301 bits per heavy atom. The van der Waals surface area contributed by atoms with Gasteiger partial charge in [0.05, 0.1) is 0 Å². The maximum Gasteiger partial charge on any atom is 0.152 e. The average molecular weight is 2660 g/mol. The molecule has 0 aliphatic carbocycles. The first-order chi connectivity index (χ1) is 68.0. The molecule has 0 bridgehead atoms. The van der Waals surface area contributed by atoms with Crippen molar-refractivity contribution >= 4 is 66.9 Å². The van der Waals surface area contributed by atoms with E-state index in [1.807, 2.05) is 211 Å². The first-order valence-corrected chi connectivity index (χ1v) is 47.2. The minimum absolute atomic E-state index is 0. The Kier molecular flexibility index (Phi) is 33.8. The van der Waals surface area contributed by atoms with Gasteiger partial charge in [0.25, 0.3) is 0 Å². The van der Waals surface area contributed by atoms with Crippen LogP contribution in [0.5, 0.6) is 46.0 Å². The third-order valence-electron chi connectivity index (χ3n) is 23.8. The number of hydrogen-bond acceptors (Lipinski definition) is 24. The summed E-state index contributed by atoms with van der Waals surface area (Å²) in [6.45, 7) is 53.5. The molecule has 4 aliphatic heterocycles. The van der Waals surface area contributed by atoms with Crippen molar-refractivity contribution in [2.24, 2.45) is 0 Å². The Morgan fingerprint density at radius 3 is 0.904 bits per heavy atom. The smallest absolute Gasteiger partial charge is 0.152 e. The molecule has 32 heteroatoms. The number of ether oxygens (including phenoxy) is 4. The van der Waals surface area contributed by atoms with Crippen LogP contribution in [0, 0.1) is 96.0 Å². The fraction of sp³-hybridized carbons (Fsp3) is 0.246. The van der Waals surface area contributed by atoms with Gasteiger partial charge in [0, 0.05) is 191 Å². The van der Waals surface area contributed by atoms with Crippen molar-refractivity contribution in [1.82, 2.24) is 98.6 Å². The Hall–Kier alpha value is -13.5. The van der Waals surface area contributed by atoms with E-state index in [1.165, 1.54) is 38.9 Å². The monoisotopic (exact) mass is 2660 g/mol. The molecule has 0 radical (unpaired) electrons. The predicted molar refractivity (Wildman–Crippen MR) is 555 cm³/mol. The van der Waals surface area contributed by atoms with Crippen LogP contribution in [0.1, 0.15) is 164 Å². The molecule has 12 aromatic heterocycles. The van der Waals surface area contributed by atoms with Gasteiger partial charge in [-0.05, 0) is 325 Å². The molecule has 0 N–H and O–H groups in total. The average Bonchev–Trinajstić information content (AvgIpc) is 1.66. The molecule has 17 aromatic rings. The summed E-state index contributed by atoms with van der Waals surface area (Å²) in [5.41, 5.74) is 18.8. The maximum absolute atomic E-state index is 6.16. The zero-order valence-electron chi connectivity index (χ0n) is 84.9. The third-order valence-corrected chi connectivity index (χ3v) is 23.8. The molecular formula is C114H112N24O4Pt4-12. The Morgan fingerprint density at radius 2 is 0.603 bits per heavy atom. The second kappa shape index (κ2) is 45.6. The van der Waals surface area contributed by atoms with Crippen LogP contribution in [0.4, 0.5) is 22.7 Å². The predicted octanol–water partition coefficient (Wildman–Crippen LogP) is 24.4. The largest absolute Gasteiger partial charge is 0.508 e. The van der Waals surface area contributed by atoms with E-state index in [2.05, 4.69) is 311 Å². The molecule has 0 saturated heterocycles. The van der Waals surface area contributed by atoms with Gasteiger partial charge in [-0.3, -0.25) is 0 Å². The molecule has 764 valence electrons. The number of hydrogen-bond donors (Lipinski definition) is 0. The van der Waals surface area contributed by atoms with Crippen LogP contribution >= 0.6 is 0 Å². The molecule has 0 atom stereocenters. The van der Waals surface area contributed by atoms with E-state index < -0.39 is 0 Å². The Labute approximate surface area is 912 Å². The molecular weight excluding hydrogens is 2550 g/mol. The first kappa shape index (κ1) is 108. The number of aryl methyl sites for hydroxylation is 3. The molecule has 0 saturated carbocycles. The van der Waals surface area contributed by atoms with Crippen LogP contribution in [0.3, 0.4) is 0 Å². The molecule has 28 nitrogen and oxygen atoms in total. The van der Waals surface area contributed by atoms with Crippen molar-refractivity contribution < 1.29 is 103 Å². The van der Waals surface area contributed by atoms with Gasteiger partial charge in [0.1, 0.15) is 0 Å². The fourth-order valence-electron chi connectivity index (χ4n) is 15.9. The molecule has 4 aliphatic rings. The molecule has 146 heavy (non-hydrogen) atoms. The molecule has 0 fully saturated rings. The topological polar surface area (TPSA) is 237 Å². The van der Waals surface area contributed by atoms with E-state index >= 15 is 0 Å². The van der Waals surface area contributed by atoms with E-state index in [-0.39, 0.29) is 106 Å². The van der Waals surface area contributed by atoms with Crippen LogP contribution in [0.25, 0.3) is 78.5 Å². The second-order valence-electron chi connectivity index (χ2n) is 39.8. The third kappa shape index (κ3) is 25.2. The minimum Gasteiger partial charge on any atom is -0.508 e. The maximum atomic E-state index is 6.16. The summed E-state index contributed by atoms with van der Waals surface area (Å²) in [7, 11) is 0. The minimum atomic E-state index is -0.00940. The summed E-state index contributed by atoms with van der Waals surface area (Å²) in [5.74, 6) is 7.50. The summed E-state index contributed by atoms with van der Waals surface area (Å²) in [5, 5.41) is 18.1. The van der Waals surface area contributed by atoms with E-state index in [4.69, 9.17) is 18.9 Å². The quantitative estimate of drug-likeness (QED) is 0.0645. The molecule has 5 aromatic carbocycles. The number of nitrogens with zero attached hydrogens (tertiary/aromatic N) is 24. The number of aromatic nitrogens is 16. The SMILES string of the molecule is CC(C)(C)c1ccnc(-n2ncc3ncc(Oc4[c-]c(N5C=CN(C(C)(C)C)[CH-]5)ccc4)[c-]c32)c1.CC(C)N1C=CN(c2[c-]c(Oc3[c-]c4c(cnn4-c4cc(C(C)(C)C)ccn4)nc3)ccc2)[CH-]1.CC(C)c1ccnc(-n2ncc3ncc(Oc4[c-]c(N5C=CN(C(C)C)[CH-]5)ccc4)[c-]c32)c1.Cc1cc(C)c(-c2ccnc(-n3ncc4ncc(Oc5[c-]c(N6C=CN(C(C)(C)C)[CH-]6)ccc5)[c-]c43)c2)c(C)c1.[Pt].[Pt].[Pt].[Pt]. The van der Waals surface area contributed by atoms with Crippen molar-refractivity contribution in [3.63, 3.8) is 0 Å². The standard InChI is InChI=1S/C33H31N6O.C28H29N6O.C27H27N6O.C26H25N6O.4Pt/c1-22-14-23(2)32(24(3)15-22)25-10-11-34-31(16-25)39-30-18-28(19-35-29(30)20-36-39)40-27-9-7-8-26(17-27)37-12-13-38(21-37)33(4,5)6;1-27(2,3)20-10-11-29-26(14-20)34-25-16-23(17-30-24(25)18-31-34)35-22-9-7-8-21(15-22)32-12-13-33(19-32)28(4,5)6;1-19(2)31-11-12-32(18-31)21-7-6-8-22(14-21)34-23-15-25-24(29-16-23)17-30-33(25)26-13-20(9-10-28-26)27(3,4)5;1-18(2)20-8-9-27-26(12-20)32-25-14-23(15-28-24(25)16-29-32)33-22-7-5-6-21(13-22)31-11-10-30(17-31)19(3)4;;;;/h7-16,19-21H,1-6H3;7-14,17-19H,1-6H3;6-13,16-19H,1-5H3;5-12,15-19H,1-4H3;;;;/q4*-3;;;;. The number of fused-ring (bicyclic) bond motifs is 4. The normalized spacial score (nSPS) is 13.4. The van der Waals surface area contributed by atoms with Crippen molar-refractivity contribution in [1.29, 1.82) is 0 Å². The van der Waals surface area contributed by atoms with Gasteiger partial charge in [0.2, 0.25) is 0 Å². The van der Waals surface area contributed by atoms with E-state index in [9.17, 15) is 0 Å². The van der Waals surface area contributed by atoms with Gasteiger partial charge >= 0.3 is 0 Å². The van der Waals surface area contributed by atoms with Crippen LogP contribution in [-0.2, 0) is 95.1 Å². The summed E-state index contributed by atoms with van der Waals surface area (Å²) in [4.78, 5) is 52.9. The second-order valence-corrected chi connectivity index (χ2v) is 39.8. The zero-order valence-corrected chi connectivity index (χ0v) is 94.0. The van der Waals surface area contributed by atoms with E-state index in [0.29, 0.717) is 97.4 Å². The Bertz CT molecular complexity index is 7570. The van der Waals surface area contributed by atoms with Crippen molar-refractivity contribution in [3.05, 3.63) is 366 Å². The summed E-state index contributed by atoms with van der Waals surface area (Å²) >= 11 is 0. The van der Waals surface area contributed by atoms with Crippen LogP contribution in [-0.4, -0.2) is 122 Å². The van der Waals surface area contributed by atoms with Crippen molar-refractivity contribution in [3.8, 4) is 80.4 Å². The number of anilines is 4. The molecule has 16 heterocycles. The number of rotatable bonds is 20.